The highest BCUT2D eigenvalue weighted by Crippen LogP contribution is 2.44. The van der Waals surface area contributed by atoms with Gasteiger partial charge in [-0.2, -0.15) is 4.98 Å². The molecule has 4 aromatic rings. The van der Waals surface area contributed by atoms with Crippen LogP contribution in [0.1, 0.15) is 25.6 Å². The summed E-state index contributed by atoms with van der Waals surface area (Å²) in [6, 6.07) is 3.64. The monoisotopic (exact) mass is 397 g/mol. The van der Waals surface area contributed by atoms with Gasteiger partial charge in [0, 0.05) is 29.9 Å². The van der Waals surface area contributed by atoms with E-state index in [1.807, 2.05) is 12.3 Å². The minimum atomic E-state index is -2.47. The maximum atomic E-state index is 13.0. The van der Waals surface area contributed by atoms with Gasteiger partial charge in [0.1, 0.15) is 17.0 Å². The van der Waals surface area contributed by atoms with Crippen molar-refractivity contribution >= 4 is 28.1 Å². The van der Waals surface area contributed by atoms with E-state index in [-0.39, 0.29) is 0 Å². The van der Waals surface area contributed by atoms with Crippen molar-refractivity contribution in [2.75, 3.05) is 11.9 Å². The number of anilines is 1. The normalized spacial score (nSPS) is 15.5. The molecule has 0 amide bonds. The number of H-pyrrole nitrogens is 1. The number of halogens is 2. The molecule has 9 heteroatoms. The number of aromatic amines is 1. The lowest BCUT2D eigenvalue weighted by Crippen LogP contribution is -2.13. The van der Waals surface area contributed by atoms with Gasteiger partial charge in [-0.15, -0.1) is 0 Å². The van der Waals surface area contributed by atoms with E-state index >= 15 is 0 Å². The van der Waals surface area contributed by atoms with E-state index in [1.54, 1.807) is 19.2 Å². The second kappa shape index (κ2) is 6.47. The van der Waals surface area contributed by atoms with E-state index in [9.17, 15) is 8.78 Å². The van der Waals surface area contributed by atoms with E-state index in [1.165, 1.54) is 17.4 Å². The van der Waals surface area contributed by atoms with Gasteiger partial charge in [0.25, 0.3) is 6.43 Å². The second-order valence-corrected chi connectivity index (χ2v) is 8.02. The van der Waals surface area contributed by atoms with Crippen molar-refractivity contribution < 1.29 is 8.78 Å². The van der Waals surface area contributed by atoms with Crippen molar-refractivity contribution in [3.05, 3.63) is 30.4 Å². The fourth-order valence-corrected chi connectivity index (χ4v) is 3.51. The predicted molar refractivity (Wildman–Crippen MR) is 107 cm³/mol. The molecule has 29 heavy (non-hydrogen) atoms. The SMILES string of the molecule is Cc1nc2ccc(-c3c[nH]c4nc(NCC5(C)CC5)ncc34)nc2n1CC(F)F. The number of hydrogen-bond acceptors (Lipinski definition) is 5. The van der Waals surface area contributed by atoms with Gasteiger partial charge in [-0.25, -0.2) is 23.7 Å². The lowest BCUT2D eigenvalue weighted by molar-refractivity contribution is 0.127. The number of fused-ring (bicyclic) bond motifs is 2. The number of pyridine rings is 1. The Balaban J connectivity index is 1.50. The first-order chi connectivity index (χ1) is 13.9. The van der Waals surface area contributed by atoms with Gasteiger partial charge in [-0.05, 0) is 37.3 Å². The molecule has 1 fully saturated rings. The van der Waals surface area contributed by atoms with Crippen LogP contribution in [0.5, 0.6) is 0 Å². The molecule has 4 heterocycles. The van der Waals surface area contributed by atoms with Crippen LogP contribution in [0.3, 0.4) is 0 Å². The Morgan fingerprint density at radius 1 is 1.24 bits per heavy atom. The van der Waals surface area contributed by atoms with Crippen LogP contribution in [0, 0.1) is 12.3 Å². The van der Waals surface area contributed by atoms with E-state index in [2.05, 4.69) is 37.2 Å². The highest BCUT2D eigenvalue weighted by Gasteiger charge is 2.37. The fourth-order valence-electron chi connectivity index (χ4n) is 3.51. The molecule has 0 aliphatic heterocycles. The number of aromatic nitrogens is 6. The van der Waals surface area contributed by atoms with Gasteiger partial charge in [-0.1, -0.05) is 6.92 Å². The molecule has 0 unspecified atom stereocenters. The number of rotatable bonds is 6. The molecule has 0 radical (unpaired) electrons. The Morgan fingerprint density at radius 3 is 2.83 bits per heavy atom. The summed E-state index contributed by atoms with van der Waals surface area (Å²) in [5.74, 6) is 1.11. The maximum Gasteiger partial charge on any atom is 0.256 e. The topological polar surface area (TPSA) is 84.3 Å². The summed E-state index contributed by atoms with van der Waals surface area (Å²) in [6.45, 7) is 4.38. The van der Waals surface area contributed by atoms with Crippen LogP contribution in [-0.2, 0) is 6.54 Å². The first-order valence-corrected chi connectivity index (χ1v) is 9.62. The number of aryl methyl sites for hydroxylation is 1. The quantitative estimate of drug-likeness (QED) is 0.510. The average molecular weight is 397 g/mol. The van der Waals surface area contributed by atoms with Gasteiger partial charge >= 0.3 is 0 Å². The van der Waals surface area contributed by atoms with E-state index in [0.29, 0.717) is 39.7 Å². The van der Waals surface area contributed by atoms with Gasteiger partial charge < -0.3 is 14.9 Å². The van der Waals surface area contributed by atoms with Crippen LogP contribution in [0.2, 0.25) is 0 Å². The number of nitrogens with one attached hydrogen (secondary N) is 2. The van der Waals surface area contributed by atoms with Crippen molar-refractivity contribution in [3.8, 4) is 11.3 Å². The maximum absolute atomic E-state index is 13.0. The minimum absolute atomic E-state index is 0.359. The largest absolute Gasteiger partial charge is 0.354 e. The molecule has 150 valence electrons. The third-order valence-corrected chi connectivity index (χ3v) is 5.59. The lowest BCUT2D eigenvalue weighted by atomic mass is 10.1. The van der Waals surface area contributed by atoms with E-state index in [0.717, 1.165) is 17.5 Å². The molecule has 1 aliphatic carbocycles. The molecular formula is C20H21F2N7. The predicted octanol–water partition coefficient (Wildman–Crippen LogP) is 4.16. The van der Waals surface area contributed by atoms with Crippen LogP contribution < -0.4 is 5.32 Å². The van der Waals surface area contributed by atoms with Gasteiger partial charge in [0.2, 0.25) is 5.95 Å². The smallest absolute Gasteiger partial charge is 0.256 e. The Morgan fingerprint density at radius 2 is 2.07 bits per heavy atom. The second-order valence-electron chi connectivity index (χ2n) is 8.02. The summed E-state index contributed by atoms with van der Waals surface area (Å²) in [4.78, 5) is 21.1. The molecule has 0 aromatic carbocycles. The number of alkyl halides is 2. The van der Waals surface area contributed by atoms with Crippen molar-refractivity contribution in [2.45, 2.75) is 39.7 Å². The van der Waals surface area contributed by atoms with Crippen molar-refractivity contribution in [1.29, 1.82) is 0 Å². The van der Waals surface area contributed by atoms with Crippen molar-refractivity contribution in [3.63, 3.8) is 0 Å². The molecule has 0 bridgehead atoms. The third-order valence-electron chi connectivity index (χ3n) is 5.59. The number of imidazole rings is 1. The third kappa shape index (κ3) is 3.30. The Hall–Kier alpha value is -3.10. The molecule has 7 nitrogen and oxygen atoms in total. The van der Waals surface area contributed by atoms with Gasteiger partial charge in [0.15, 0.2) is 5.65 Å². The van der Waals surface area contributed by atoms with Crippen LogP contribution in [0.25, 0.3) is 33.5 Å². The zero-order chi connectivity index (χ0) is 20.2. The highest BCUT2D eigenvalue weighted by molar-refractivity contribution is 5.93. The van der Waals surface area contributed by atoms with Crippen LogP contribution >= 0.6 is 0 Å². The Bertz CT molecular complexity index is 1210. The molecule has 0 saturated heterocycles. The zero-order valence-corrected chi connectivity index (χ0v) is 16.2. The summed E-state index contributed by atoms with van der Waals surface area (Å²) >= 11 is 0. The van der Waals surface area contributed by atoms with Crippen LogP contribution in [-0.4, -0.2) is 42.5 Å². The minimum Gasteiger partial charge on any atom is -0.354 e. The highest BCUT2D eigenvalue weighted by atomic mass is 19.3. The lowest BCUT2D eigenvalue weighted by Gasteiger charge is -2.09. The molecule has 1 aliphatic rings. The van der Waals surface area contributed by atoms with Gasteiger partial charge in [0.05, 0.1) is 12.2 Å². The molecule has 5 rings (SSSR count). The standard InChI is InChI=1S/C20H21F2N7/c1-11-26-15-4-3-14(27-18(15)29(11)9-16(21)22)12-7-23-17-13(12)8-24-19(28-17)25-10-20(2)5-6-20/h3-4,7-8,16H,5-6,9-10H2,1-2H3,(H2,23,24,25,28). The van der Waals surface area contributed by atoms with E-state index < -0.39 is 13.0 Å². The summed E-state index contributed by atoms with van der Waals surface area (Å²) in [5, 5.41) is 4.13. The van der Waals surface area contributed by atoms with Crippen molar-refractivity contribution in [1.82, 2.24) is 29.5 Å². The Labute approximate surface area is 165 Å². The molecule has 0 atom stereocenters. The summed E-state index contributed by atoms with van der Waals surface area (Å²) in [5.41, 5.74) is 3.60. The molecular weight excluding hydrogens is 376 g/mol. The van der Waals surface area contributed by atoms with Crippen LogP contribution in [0.4, 0.5) is 14.7 Å². The molecule has 2 N–H and O–H groups in total. The fraction of sp³-hybridized carbons (Fsp3) is 0.400. The molecule has 4 aromatic heterocycles. The average Bonchev–Trinajstić information content (AvgIpc) is 3.16. The molecule has 0 spiro atoms. The summed E-state index contributed by atoms with van der Waals surface area (Å²) < 4.78 is 27.4. The Kier molecular flexibility index (Phi) is 4.01. The first kappa shape index (κ1) is 18.0. The first-order valence-electron chi connectivity index (χ1n) is 9.62. The van der Waals surface area contributed by atoms with E-state index in [4.69, 9.17) is 0 Å². The van der Waals surface area contributed by atoms with Crippen LogP contribution in [0.15, 0.2) is 24.5 Å². The zero-order valence-electron chi connectivity index (χ0n) is 16.2. The molecule has 1 saturated carbocycles. The van der Waals surface area contributed by atoms with Crippen molar-refractivity contribution in [2.24, 2.45) is 5.41 Å². The van der Waals surface area contributed by atoms with Gasteiger partial charge in [-0.3, -0.25) is 0 Å². The number of hydrogen-bond donors (Lipinski definition) is 2. The summed E-state index contributed by atoms with van der Waals surface area (Å²) in [6.07, 6.45) is 3.57. The summed E-state index contributed by atoms with van der Waals surface area (Å²) in [7, 11) is 0. The number of nitrogens with zero attached hydrogens (tertiary/aromatic N) is 5.